The normalized spacial score (nSPS) is 15.2. The van der Waals surface area contributed by atoms with E-state index in [2.05, 4.69) is 25.7 Å². The van der Waals surface area contributed by atoms with Gasteiger partial charge in [0.1, 0.15) is 12.4 Å². The molecule has 7 nitrogen and oxygen atoms in total. The lowest BCUT2D eigenvalue weighted by molar-refractivity contribution is 0.0897. The van der Waals surface area contributed by atoms with Crippen LogP contribution in [-0.4, -0.2) is 30.8 Å². The molecule has 25 heavy (non-hydrogen) atoms. The summed E-state index contributed by atoms with van der Waals surface area (Å²) < 4.78 is 15.2. The van der Waals surface area contributed by atoms with Gasteiger partial charge >= 0.3 is 0 Å². The SMILES string of the molecule is Cn1cc(CN2CCCn3cnc(COCc4ccco4)c3C2)cn1. The Balaban J connectivity index is 1.41. The standard InChI is InChI=1S/C18H23N5O2/c1-21-9-15(8-20-21)10-22-5-3-6-23-14-19-17(18(23)11-22)13-24-12-16-4-2-7-25-16/h2,4,7-9,14H,3,5-6,10-13H2,1H3. The summed E-state index contributed by atoms with van der Waals surface area (Å²) in [4.78, 5) is 7.02. The molecule has 0 bridgehead atoms. The molecule has 0 saturated heterocycles. The van der Waals surface area contributed by atoms with Gasteiger partial charge in [0.05, 0.1) is 36.8 Å². The fourth-order valence-corrected chi connectivity index (χ4v) is 3.29. The zero-order valence-electron chi connectivity index (χ0n) is 14.5. The van der Waals surface area contributed by atoms with Crippen molar-refractivity contribution in [1.82, 2.24) is 24.2 Å². The first kappa shape index (κ1) is 16.1. The monoisotopic (exact) mass is 341 g/mol. The Morgan fingerprint density at radius 3 is 3.04 bits per heavy atom. The van der Waals surface area contributed by atoms with Gasteiger partial charge in [0, 0.05) is 45.0 Å². The molecule has 0 unspecified atom stereocenters. The fraction of sp³-hybridized carbons (Fsp3) is 0.444. The smallest absolute Gasteiger partial charge is 0.129 e. The van der Waals surface area contributed by atoms with Crippen molar-refractivity contribution in [3.63, 3.8) is 0 Å². The summed E-state index contributed by atoms with van der Waals surface area (Å²) in [7, 11) is 1.95. The molecule has 0 saturated carbocycles. The molecule has 7 heteroatoms. The number of ether oxygens (including phenoxy) is 1. The molecule has 4 heterocycles. The molecule has 4 rings (SSSR count). The van der Waals surface area contributed by atoms with Gasteiger partial charge < -0.3 is 13.7 Å². The lowest BCUT2D eigenvalue weighted by Crippen LogP contribution is -2.23. The molecule has 0 aliphatic carbocycles. The third-order valence-corrected chi connectivity index (χ3v) is 4.51. The average molecular weight is 341 g/mol. The Kier molecular flexibility index (Phi) is 4.67. The highest BCUT2D eigenvalue weighted by molar-refractivity contribution is 5.14. The number of aromatic nitrogens is 4. The summed E-state index contributed by atoms with van der Waals surface area (Å²) in [6.07, 6.45) is 8.74. The van der Waals surface area contributed by atoms with E-state index in [-0.39, 0.29) is 0 Å². The lowest BCUT2D eigenvalue weighted by atomic mass is 10.2. The van der Waals surface area contributed by atoms with Gasteiger partial charge in [-0.25, -0.2) is 4.98 Å². The molecule has 3 aromatic heterocycles. The maximum atomic E-state index is 5.78. The first-order valence-electron chi connectivity index (χ1n) is 8.61. The van der Waals surface area contributed by atoms with E-state index in [1.54, 1.807) is 6.26 Å². The molecule has 0 atom stereocenters. The predicted molar refractivity (Wildman–Crippen MR) is 91.4 cm³/mol. The molecule has 0 aromatic carbocycles. The molecule has 1 aliphatic heterocycles. The predicted octanol–water partition coefficient (Wildman–Crippen LogP) is 2.33. The fourth-order valence-electron chi connectivity index (χ4n) is 3.29. The van der Waals surface area contributed by atoms with Crippen LogP contribution in [0.4, 0.5) is 0 Å². The molecule has 1 aliphatic rings. The van der Waals surface area contributed by atoms with Crippen molar-refractivity contribution in [2.45, 2.75) is 39.3 Å². The van der Waals surface area contributed by atoms with E-state index in [4.69, 9.17) is 9.15 Å². The number of fused-ring (bicyclic) bond motifs is 1. The van der Waals surface area contributed by atoms with Crippen LogP contribution in [0.15, 0.2) is 41.5 Å². The van der Waals surface area contributed by atoms with Crippen molar-refractivity contribution in [2.75, 3.05) is 6.54 Å². The lowest BCUT2D eigenvalue weighted by Gasteiger charge is -2.19. The molecule has 0 fully saturated rings. The van der Waals surface area contributed by atoms with Crippen molar-refractivity contribution in [3.05, 3.63) is 59.8 Å². The number of furan rings is 1. The van der Waals surface area contributed by atoms with Gasteiger partial charge in [-0.15, -0.1) is 0 Å². The zero-order valence-corrected chi connectivity index (χ0v) is 14.5. The molecule has 0 spiro atoms. The molecule has 0 N–H and O–H groups in total. The number of hydrogen-bond acceptors (Lipinski definition) is 5. The zero-order chi connectivity index (χ0) is 17.1. The Morgan fingerprint density at radius 1 is 1.28 bits per heavy atom. The average Bonchev–Trinajstić information content (AvgIpc) is 3.30. The van der Waals surface area contributed by atoms with Crippen LogP contribution in [0.3, 0.4) is 0 Å². The highest BCUT2D eigenvalue weighted by atomic mass is 16.5. The third kappa shape index (κ3) is 3.83. The number of nitrogens with zero attached hydrogens (tertiary/aromatic N) is 5. The van der Waals surface area contributed by atoms with Crippen LogP contribution < -0.4 is 0 Å². The van der Waals surface area contributed by atoms with Crippen molar-refractivity contribution in [2.24, 2.45) is 7.05 Å². The van der Waals surface area contributed by atoms with Gasteiger partial charge in [-0.2, -0.15) is 5.10 Å². The maximum Gasteiger partial charge on any atom is 0.129 e. The van der Waals surface area contributed by atoms with E-state index in [1.165, 1.54) is 11.3 Å². The van der Waals surface area contributed by atoms with E-state index in [9.17, 15) is 0 Å². The van der Waals surface area contributed by atoms with Gasteiger partial charge in [-0.05, 0) is 18.6 Å². The van der Waals surface area contributed by atoms with Crippen LogP contribution in [0.1, 0.15) is 29.1 Å². The van der Waals surface area contributed by atoms with Crippen LogP contribution >= 0.6 is 0 Å². The van der Waals surface area contributed by atoms with E-state index in [1.807, 2.05) is 36.4 Å². The van der Waals surface area contributed by atoms with Crippen LogP contribution in [0.5, 0.6) is 0 Å². The molecule has 3 aromatic rings. The third-order valence-electron chi connectivity index (χ3n) is 4.51. The number of rotatable bonds is 6. The van der Waals surface area contributed by atoms with Gasteiger partial charge in [0.15, 0.2) is 0 Å². The number of aryl methyl sites for hydroxylation is 2. The Hall–Kier alpha value is -2.38. The molecular formula is C18H23N5O2. The van der Waals surface area contributed by atoms with Crippen LogP contribution in [-0.2, 0) is 44.6 Å². The number of hydrogen-bond donors (Lipinski definition) is 0. The van der Waals surface area contributed by atoms with Gasteiger partial charge in [0.25, 0.3) is 0 Å². The highest BCUT2D eigenvalue weighted by Crippen LogP contribution is 2.19. The quantitative estimate of drug-likeness (QED) is 0.689. The molecule has 132 valence electrons. The van der Waals surface area contributed by atoms with Crippen LogP contribution in [0, 0.1) is 0 Å². The van der Waals surface area contributed by atoms with Gasteiger partial charge in [0.2, 0.25) is 0 Å². The highest BCUT2D eigenvalue weighted by Gasteiger charge is 2.19. The van der Waals surface area contributed by atoms with Crippen LogP contribution in [0.2, 0.25) is 0 Å². The van der Waals surface area contributed by atoms with E-state index < -0.39 is 0 Å². The summed E-state index contributed by atoms with van der Waals surface area (Å²) in [5.74, 6) is 0.837. The van der Waals surface area contributed by atoms with E-state index in [0.717, 1.165) is 44.1 Å². The van der Waals surface area contributed by atoms with E-state index >= 15 is 0 Å². The van der Waals surface area contributed by atoms with Gasteiger partial charge in [-0.3, -0.25) is 9.58 Å². The Labute approximate surface area is 146 Å². The van der Waals surface area contributed by atoms with E-state index in [0.29, 0.717) is 13.2 Å². The van der Waals surface area contributed by atoms with Crippen molar-refractivity contribution < 1.29 is 9.15 Å². The summed E-state index contributed by atoms with van der Waals surface area (Å²) >= 11 is 0. The van der Waals surface area contributed by atoms with Gasteiger partial charge in [-0.1, -0.05) is 0 Å². The maximum absolute atomic E-state index is 5.78. The summed E-state index contributed by atoms with van der Waals surface area (Å²) in [6.45, 7) is 4.84. The summed E-state index contributed by atoms with van der Waals surface area (Å²) in [5, 5.41) is 4.27. The Morgan fingerprint density at radius 2 is 2.24 bits per heavy atom. The first-order chi connectivity index (χ1) is 12.3. The summed E-state index contributed by atoms with van der Waals surface area (Å²) in [6, 6.07) is 3.79. The summed E-state index contributed by atoms with van der Waals surface area (Å²) in [5.41, 5.74) is 3.51. The minimum Gasteiger partial charge on any atom is -0.467 e. The minimum atomic E-state index is 0.471. The second-order valence-corrected chi connectivity index (χ2v) is 6.49. The molecule has 0 radical (unpaired) electrons. The van der Waals surface area contributed by atoms with Crippen molar-refractivity contribution in [3.8, 4) is 0 Å². The number of imidazole rings is 1. The second kappa shape index (κ2) is 7.25. The first-order valence-corrected chi connectivity index (χ1v) is 8.61. The van der Waals surface area contributed by atoms with Crippen molar-refractivity contribution >= 4 is 0 Å². The molecular weight excluding hydrogens is 318 g/mol. The van der Waals surface area contributed by atoms with Crippen LogP contribution in [0.25, 0.3) is 0 Å². The molecule has 0 amide bonds. The topological polar surface area (TPSA) is 61.2 Å². The largest absolute Gasteiger partial charge is 0.467 e. The van der Waals surface area contributed by atoms with Crippen molar-refractivity contribution in [1.29, 1.82) is 0 Å². The minimum absolute atomic E-state index is 0.471. The Bertz CT molecular complexity index is 805. The second-order valence-electron chi connectivity index (χ2n) is 6.49.